The zero-order valence-electron chi connectivity index (χ0n) is 11.6. The molecule has 0 bridgehead atoms. The molecule has 3 aromatic rings. The number of nitrogens with zero attached hydrogens (tertiary/aromatic N) is 2. The van der Waals surface area contributed by atoms with Crippen LogP contribution >= 0.6 is 23.2 Å². The molecule has 7 heteroatoms. The molecule has 0 saturated heterocycles. The fourth-order valence-corrected chi connectivity index (χ4v) is 2.66. The van der Waals surface area contributed by atoms with Crippen LogP contribution in [0.25, 0.3) is 22.7 Å². The van der Waals surface area contributed by atoms with Gasteiger partial charge in [-0.1, -0.05) is 23.2 Å². The van der Waals surface area contributed by atoms with Gasteiger partial charge in [-0.3, -0.25) is 0 Å². The van der Waals surface area contributed by atoms with Crippen LogP contribution in [-0.2, 0) is 0 Å². The number of furan rings is 1. The normalized spacial score (nSPS) is 12.0. The standard InChI is InChI=1S/C15H12Cl2N4O/c1-7(10-5-9(16)2-3-11(10)17)4-8-6-22-14-12(8)13(18)20-15(19)21-14/h2-6H,1H3,(H4,18,19,20,21)/b7-4-. The van der Waals surface area contributed by atoms with Crippen molar-refractivity contribution in [1.29, 1.82) is 0 Å². The van der Waals surface area contributed by atoms with E-state index in [0.29, 0.717) is 21.1 Å². The first-order valence-corrected chi connectivity index (χ1v) is 7.15. The average molecular weight is 335 g/mol. The minimum absolute atomic E-state index is 0.0736. The van der Waals surface area contributed by atoms with E-state index in [9.17, 15) is 0 Å². The molecule has 0 unspecified atom stereocenters. The number of aromatic nitrogens is 2. The molecule has 0 aliphatic carbocycles. The lowest BCUT2D eigenvalue weighted by atomic mass is 10.0. The molecule has 0 amide bonds. The molecule has 4 N–H and O–H groups in total. The topological polar surface area (TPSA) is 91.0 Å². The molecule has 22 heavy (non-hydrogen) atoms. The first kappa shape index (κ1) is 14.7. The van der Waals surface area contributed by atoms with E-state index in [1.54, 1.807) is 24.5 Å². The molecule has 0 aliphatic rings. The third-order valence-electron chi connectivity index (χ3n) is 3.23. The van der Waals surface area contributed by atoms with Crippen LogP contribution in [0, 0.1) is 0 Å². The van der Waals surface area contributed by atoms with Crippen molar-refractivity contribution >= 4 is 57.7 Å². The van der Waals surface area contributed by atoms with Gasteiger partial charge in [0.2, 0.25) is 11.7 Å². The second-order valence-electron chi connectivity index (χ2n) is 4.79. The number of benzene rings is 1. The van der Waals surface area contributed by atoms with Crippen molar-refractivity contribution in [3.63, 3.8) is 0 Å². The Morgan fingerprint density at radius 3 is 2.77 bits per heavy atom. The largest absolute Gasteiger partial charge is 0.445 e. The molecule has 2 aromatic heterocycles. The van der Waals surface area contributed by atoms with E-state index in [1.165, 1.54) is 0 Å². The molecule has 1 aromatic carbocycles. The highest BCUT2D eigenvalue weighted by molar-refractivity contribution is 6.34. The highest BCUT2D eigenvalue weighted by atomic mass is 35.5. The summed E-state index contributed by atoms with van der Waals surface area (Å²) in [5, 5.41) is 1.84. The fraction of sp³-hybridized carbons (Fsp3) is 0.0667. The Bertz CT molecular complexity index is 902. The Hall–Kier alpha value is -2.24. The Balaban J connectivity index is 2.14. The number of nitrogen functional groups attached to an aromatic ring is 2. The number of halogens is 2. The van der Waals surface area contributed by atoms with E-state index in [-0.39, 0.29) is 11.8 Å². The maximum Gasteiger partial charge on any atom is 0.233 e. The van der Waals surface area contributed by atoms with Crippen molar-refractivity contribution in [3.8, 4) is 0 Å². The van der Waals surface area contributed by atoms with Gasteiger partial charge in [-0.15, -0.1) is 0 Å². The maximum atomic E-state index is 6.21. The summed E-state index contributed by atoms with van der Waals surface area (Å²) in [6.45, 7) is 1.92. The SMILES string of the molecule is C/C(=C/c1coc2nc(N)nc(N)c12)c1cc(Cl)ccc1Cl. The summed E-state index contributed by atoms with van der Waals surface area (Å²) in [5.41, 5.74) is 14.3. The van der Waals surface area contributed by atoms with E-state index >= 15 is 0 Å². The van der Waals surface area contributed by atoms with Gasteiger partial charge < -0.3 is 15.9 Å². The first-order chi connectivity index (χ1) is 10.5. The Morgan fingerprint density at radius 1 is 1.23 bits per heavy atom. The van der Waals surface area contributed by atoms with Crippen molar-refractivity contribution in [2.45, 2.75) is 6.92 Å². The third kappa shape index (κ3) is 2.61. The number of hydrogen-bond donors (Lipinski definition) is 2. The minimum atomic E-state index is 0.0736. The monoisotopic (exact) mass is 334 g/mol. The van der Waals surface area contributed by atoms with Gasteiger partial charge in [0.1, 0.15) is 12.1 Å². The van der Waals surface area contributed by atoms with E-state index in [1.807, 2.05) is 13.0 Å². The van der Waals surface area contributed by atoms with Crippen LogP contribution in [0.4, 0.5) is 11.8 Å². The molecule has 0 aliphatic heterocycles. The Morgan fingerprint density at radius 2 is 2.00 bits per heavy atom. The molecule has 0 spiro atoms. The van der Waals surface area contributed by atoms with Crippen LogP contribution in [0.3, 0.4) is 0 Å². The molecule has 112 valence electrons. The highest BCUT2D eigenvalue weighted by Gasteiger charge is 2.12. The van der Waals surface area contributed by atoms with Gasteiger partial charge in [-0.05, 0) is 42.3 Å². The number of allylic oxidation sites excluding steroid dienone is 1. The van der Waals surface area contributed by atoms with Crippen LogP contribution in [0.5, 0.6) is 0 Å². The van der Waals surface area contributed by atoms with Gasteiger partial charge in [-0.2, -0.15) is 9.97 Å². The van der Waals surface area contributed by atoms with Crippen molar-refractivity contribution in [2.24, 2.45) is 0 Å². The van der Waals surface area contributed by atoms with E-state index in [0.717, 1.165) is 16.7 Å². The number of nitrogens with two attached hydrogens (primary N) is 2. The lowest BCUT2D eigenvalue weighted by Crippen LogP contribution is -1.99. The molecule has 0 fully saturated rings. The summed E-state index contributed by atoms with van der Waals surface area (Å²) in [4.78, 5) is 7.97. The van der Waals surface area contributed by atoms with Gasteiger partial charge in [0, 0.05) is 15.6 Å². The van der Waals surface area contributed by atoms with Crippen LogP contribution in [0.2, 0.25) is 10.0 Å². The summed E-state index contributed by atoms with van der Waals surface area (Å²) in [6, 6.07) is 5.29. The van der Waals surface area contributed by atoms with Crippen molar-refractivity contribution in [1.82, 2.24) is 9.97 Å². The minimum Gasteiger partial charge on any atom is -0.445 e. The summed E-state index contributed by atoms with van der Waals surface area (Å²) in [5.74, 6) is 0.344. The van der Waals surface area contributed by atoms with Crippen LogP contribution in [0.1, 0.15) is 18.1 Å². The summed E-state index contributed by atoms with van der Waals surface area (Å²) in [7, 11) is 0. The maximum absolute atomic E-state index is 6.21. The van der Waals surface area contributed by atoms with Crippen LogP contribution < -0.4 is 11.5 Å². The van der Waals surface area contributed by atoms with Gasteiger partial charge in [0.15, 0.2) is 0 Å². The number of rotatable bonds is 2. The van der Waals surface area contributed by atoms with Crippen molar-refractivity contribution < 1.29 is 4.42 Å². The quantitative estimate of drug-likeness (QED) is 0.730. The summed E-state index contributed by atoms with van der Waals surface area (Å²) < 4.78 is 5.39. The van der Waals surface area contributed by atoms with E-state index < -0.39 is 0 Å². The average Bonchev–Trinajstić information content (AvgIpc) is 2.84. The second kappa shape index (κ2) is 5.51. The molecule has 0 atom stereocenters. The molecule has 0 radical (unpaired) electrons. The third-order valence-corrected chi connectivity index (χ3v) is 3.80. The number of hydrogen-bond acceptors (Lipinski definition) is 5. The summed E-state index contributed by atoms with van der Waals surface area (Å²) >= 11 is 12.2. The molecule has 3 rings (SSSR count). The molecule has 0 saturated carbocycles. The molecular formula is C15H12Cl2N4O. The van der Waals surface area contributed by atoms with Gasteiger partial charge in [0.05, 0.1) is 5.39 Å². The van der Waals surface area contributed by atoms with Crippen LogP contribution in [-0.4, -0.2) is 9.97 Å². The predicted molar refractivity (Wildman–Crippen MR) is 90.6 cm³/mol. The zero-order chi connectivity index (χ0) is 15.9. The van der Waals surface area contributed by atoms with Gasteiger partial charge in [-0.25, -0.2) is 0 Å². The molecule has 2 heterocycles. The van der Waals surface area contributed by atoms with E-state index in [4.69, 9.17) is 39.1 Å². The lowest BCUT2D eigenvalue weighted by molar-refractivity contribution is 0.602. The van der Waals surface area contributed by atoms with Gasteiger partial charge >= 0.3 is 0 Å². The lowest BCUT2D eigenvalue weighted by Gasteiger charge is -2.05. The Kier molecular flexibility index (Phi) is 3.68. The van der Waals surface area contributed by atoms with Crippen molar-refractivity contribution in [2.75, 3.05) is 11.5 Å². The highest BCUT2D eigenvalue weighted by Crippen LogP contribution is 2.31. The predicted octanol–water partition coefficient (Wildman–Crippen LogP) is 4.25. The number of fused-ring (bicyclic) bond motifs is 1. The molecule has 5 nitrogen and oxygen atoms in total. The molecular weight excluding hydrogens is 323 g/mol. The second-order valence-corrected chi connectivity index (χ2v) is 5.63. The fourth-order valence-electron chi connectivity index (χ4n) is 2.23. The van der Waals surface area contributed by atoms with E-state index in [2.05, 4.69) is 9.97 Å². The zero-order valence-corrected chi connectivity index (χ0v) is 13.1. The Labute approximate surface area is 136 Å². The smallest absolute Gasteiger partial charge is 0.233 e. The summed E-state index contributed by atoms with van der Waals surface area (Å²) in [6.07, 6.45) is 3.44. The van der Waals surface area contributed by atoms with Crippen molar-refractivity contribution in [3.05, 3.63) is 45.6 Å². The van der Waals surface area contributed by atoms with Crippen LogP contribution in [0.15, 0.2) is 28.9 Å². The number of anilines is 2. The first-order valence-electron chi connectivity index (χ1n) is 6.39. The van der Waals surface area contributed by atoms with Gasteiger partial charge in [0.25, 0.3) is 0 Å².